The minimum Gasteiger partial charge on any atom is -0.457 e. The molecule has 0 aliphatic heterocycles. The molecule has 23 heavy (non-hydrogen) atoms. The van der Waals surface area contributed by atoms with Gasteiger partial charge in [-0.3, -0.25) is 4.79 Å². The molecule has 2 nitrogen and oxygen atoms in total. The van der Waals surface area contributed by atoms with E-state index in [4.69, 9.17) is 16.3 Å². The van der Waals surface area contributed by atoms with E-state index in [0.717, 1.165) is 5.75 Å². The third-order valence-corrected chi connectivity index (χ3v) is 3.73. The number of carbonyl (C=O) groups is 1. The molecule has 114 valence electrons. The highest BCUT2D eigenvalue weighted by Gasteiger charge is 2.09. The van der Waals surface area contributed by atoms with Crippen LogP contribution in [0.3, 0.4) is 0 Å². The second-order valence-electron chi connectivity index (χ2n) is 5.28. The number of halogens is 1. The van der Waals surface area contributed by atoms with Crippen LogP contribution in [-0.2, 0) is 0 Å². The maximum Gasteiger partial charge on any atom is 0.193 e. The molecule has 0 N–H and O–H groups in total. The number of carbonyl (C=O) groups excluding carboxylic acids is 1. The number of benzene rings is 3. The molecule has 3 heteroatoms. The molecule has 3 aromatic carbocycles. The van der Waals surface area contributed by atoms with Crippen LogP contribution in [0.2, 0.25) is 5.02 Å². The summed E-state index contributed by atoms with van der Waals surface area (Å²) >= 11 is 5.84. The Kier molecular flexibility index (Phi) is 4.45. The van der Waals surface area contributed by atoms with Crippen molar-refractivity contribution in [3.8, 4) is 11.5 Å². The van der Waals surface area contributed by atoms with Crippen molar-refractivity contribution < 1.29 is 9.53 Å². The van der Waals surface area contributed by atoms with Gasteiger partial charge in [-0.15, -0.1) is 0 Å². The van der Waals surface area contributed by atoms with Gasteiger partial charge in [0, 0.05) is 16.1 Å². The molecule has 0 saturated heterocycles. The van der Waals surface area contributed by atoms with Crippen molar-refractivity contribution in [2.45, 2.75) is 6.92 Å². The van der Waals surface area contributed by atoms with E-state index in [1.807, 2.05) is 31.2 Å². The van der Waals surface area contributed by atoms with Gasteiger partial charge in [0.1, 0.15) is 11.5 Å². The van der Waals surface area contributed by atoms with Crippen molar-refractivity contribution in [3.05, 3.63) is 94.5 Å². The van der Waals surface area contributed by atoms with Gasteiger partial charge >= 0.3 is 0 Å². The van der Waals surface area contributed by atoms with Gasteiger partial charge in [0.15, 0.2) is 5.78 Å². The van der Waals surface area contributed by atoms with Crippen molar-refractivity contribution in [3.63, 3.8) is 0 Å². The van der Waals surface area contributed by atoms with Crippen LogP contribution in [0.4, 0.5) is 0 Å². The Bertz CT molecular complexity index is 804. The standard InChI is InChI=1S/C20H15ClO2/c1-14-2-10-18(11-3-14)23-19-12-6-16(7-13-19)20(22)15-4-8-17(21)9-5-15/h2-13H,1H3. The van der Waals surface area contributed by atoms with Crippen molar-refractivity contribution in [2.75, 3.05) is 0 Å². The van der Waals surface area contributed by atoms with Crippen LogP contribution < -0.4 is 4.74 Å². The first-order chi connectivity index (χ1) is 11.1. The molecule has 0 aromatic heterocycles. The van der Waals surface area contributed by atoms with Gasteiger partial charge in [-0.05, 0) is 67.6 Å². The molecule has 3 aromatic rings. The number of aryl methyl sites for hydroxylation is 1. The normalized spacial score (nSPS) is 10.3. The summed E-state index contributed by atoms with van der Waals surface area (Å²) in [6, 6.07) is 21.8. The molecule has 0 aliphatic carbocycles. The highest BCUT2D eigenvalue weighted by atomic mass is 35.5. The van der Waals surface area contributed by atoms with E-state index in [-0.39, 0.29) is 5.78 Å². The van der Waals surface area contributed by atoms with E-state index < -0.39 is 0 Å². The number of ether oxygens (including phenoxy) is 1. The van der Waals surface area contributed by atoms with E-state index in [0.29, 0.717) is 21.9 Å². The van der Waals surface area contributed by atoms with Crippen LogP contribution in [0.15, 0.2) is 72.8 Å². The van der Waals surface area contributed by atoms with Gasteiger partial charge in [-0.25, -0.2) is 0 Å². The van der Waals surface area contributed by atoms with E-state index in [2.05, 4.69) is 0 Å². The summed E-state index contributed by atoms with van der Waals surface area (Å²) in [6.45, 7) is 2.03. The SMILES string of the molecule is Cc1ccc(Oc2ccc(C(=O)c3ccc(Cl)cc3)cc2)cc1. The smallest absolute Gasteiger partial charge is 0.193 e. The summed E-state index contributed by atoms with van der Waals surface area (Å²) in [7, 11) is 0. The average molecular weight is 323 g/mol. The predicted molar refractivity (Wildman–Crippen MR) is 92.6 cm³/mol. The van der Waals surface area contributed by atoms with E-state index in [9.17, 15) is 4.79 Å². The minimum absolute atomic E-state index is 0.0384. The van der Waals surface area contributed by atoms with Crippen LogP contribution >= 0.6 is 11.6 Å². The third-order valence-electron chi connectivity index (χ3n) is 3.48. The van der Waals surface area contributed by atoms with Gasteiger partial charge < -0.3 is 4.74 Å². The summed E-state index contributed by atoms with van der Waals surface area (Å²) in [4.78, 5) is 12.4. The van der Waals surface area contributed by atoms with Crippen molar-refractivity contribution in [1.82, 2.24) is 0 Å². The summed E-state index contributed by atoms with van der Waals surface area (Å²) in [5, 5.41) is 0.614. The summed E-state index contributed by atoms with van der Waals surface area (Å²) in [5.41, 5.74) is 2.41. The lowest BCUT2D eigenvalue weighted by Crippen LogP contribution is -2.00. The van der Waals surface area contributed by atoms with Gasteiger partial charge in [0.05, 0.1) is 0 Å². The van der Waals surface area contributed by atoms with Crippen LogP contribution in [-0.4, -0.2) is 5.78 Å². The molecule has 0 atom stereocenters. The first kappa shape index (κ1) is 15.3. The van der Waals surface area contributed by atoms with Crippen LogP contribution in [0.5, 0.6) is 11.5 Å². The molecule has 0 heterocycles. The van der Waals surface area contributed by atoms with E-state index in [1.165, 1.54) is 5.56 Å². The maximum absolute atomic E-state index is 12.4. The van der Waals surface area contributed by atoms with Gasteiger partial charge in [-0.2, -0.15) is 0 Å². The first-order valence-corrected chi connectivity index (χ1v) is 7.64. The topological polar surface area (TPSA) is 26.3 Å². The molecule has 0 amide bonds. The Morgan fingerprint density at radius 2 is 1.17 bits per heavy atom. The van der Waals surface area contributed by atoms with Crippen LogP contribution in [0.25, 0.3) is 0 Å². The van der Waals surface area contributed by atoms with Crippen molar-refractivity contribution in [2.24, 2.45) is 0 Å². The lowest BCUT2D eigenvalue weighted by molar-refractivity contribution is 0.103. The number of ketones is 1. The minimum atomic E-state index is -0.0384. The lowest BCUT2D eigenvalue weighted by Gasteiger charge is -2.07. The fraction of sp³-hybridized carbons (Fsp3) is 0.0500. The Labute approximate surface area is 140 Å². The van der Waals surface area contributed by atoms with Crippen LogP contribution in [0, 0.1) is 6.92 Å². The second kappa shape index (κ2) is 6.67. The summed E-state index contributed by atoms with van der Waals surface area (Å²) < 4.78 is 5.76. The third kappa shape index (κ3) is 3.79. The monoisotopic (exact) mass is 322 g/mol. The fourth-order valence-corrected chi connectivity index (χ4v) is 2.31. The molecule has 0 unspecified atom stereocenters. The molecule has 0 fully saturated rings. The van der Waals surface area contributed by atoms with E-state index >= 15 is 0 Å². The quantitative estimate of drug-likeness (QED) is 0.578. The molecule has 3 rings (SSSR count). The molecular weight excluding hydrogens is 308 g/mol. The highest BCUT2D eigenvalue weighted by Crippen LogP contribution is 2.23. The molecule has 0 aliphatic rings. The Morgan fingerprint density at radius 3 is 1.70 bits per heavy atom. The zero-order valence-corrected chi connectivity index (χ0v) is 13.4. The van der Waals surface area contributed by atoms with Crippen LogP contribution in [0.1, 0.15) is 21.5 Å². The molecule has 0 bridgehead atoms. The van der Waals surface area contributed by atoms with Gasteiger partial charge in [0.2, 0.25) is 0 Å². The van der Waals surface area contributed by atoms with Gasteiger partial charge in [-0.1, -0.05) is 29.3 Å². The molecular formula is C20H15ClO2. The maximum atomic E-state index is 12.4. The zero-order chi connectivity index (χ0) is 16.2. The molecule has 0 radical (unpaired) electrons. The first-order valence-electron chi connectivity index (χ1n) is 7.27. The second-order valence-corrected chi connectivity index (χ2v) is 5.71. The summed E-state index contributed by atoms with van der Waals surface area (Å²) in [5.74, 6) is 1.43. The molecule has 0 spiro atoms. The largest absolute Gasteiger partial charge is 0.457 e. The Hall–Kier alpha value is -2.58. The fourth-order valence-electron chi connectivity index (χ4n) is 2.18. The zero-order valence-electron chi connectivity index (χ0n) is 12.6. The average Bonchev–Trinajstić information content (AvgIpc) is 2.58. The number of rotatable bonds is 4. The molecule has 0 saturated carbocycles. The summed E-state index contributed by atoms with van der Waals surface area (Å²) in [6.07, 6.45) is 0. The van der Waals surface area contributed by atoms with Crippen molar-refractivity contribution in [1.29, 1.82) is 0 Å². The van der Waals surface area contributed by atoms with Crippen molar-refractivity contribution >= 4 is 17.4 Å². The highest BCUT2D eigenvalue weighted by molar-refractivity contribution is 6.30. The lowest BCUT2D eigenvalue weighted by atomic mass is 10.0. The Morgan fingerprint density at radius 1 is 0.739 bits per heavy atom. The Balaban J connectivity index is 1.75. The number of hydrogen-bond acceptors (Lipinski definition) is 2. The van der Waals surface area contributed by atoms with Gasteiger partial charge in [0.25, 0.3) is 0 Å². The predicted octanol–water partition coefficient (Wildman–Crippen LogP) is 5.67. The number of hydrogen-bond donors (Lipinski definition) is 0. The van der Waals surface area contributed by atoms with E-state index in [1.54, 1.807) is 48.5 Å².